The zero-order valence-corrected chi connectivity index (χ0v) is 13.2. The summed E-state index contributed by atoms with van der Waals surface area (Å²) in [6, 6.07) is 3.37. The number of rotatable bonds is 5. The van der Waals surface area contributed by atoms with Gasteiger partial charge in [-0.25, -0.2) is 17.5 Å². The van der Waals surface area contributed by atoms with Crippen molar-refractivity contribution in [3.63, 3.8) is 0 Å². The molecule has 4 nitrogen and oxygen atoms in total. The molecule has 2 N–H and O–H groups in total. The van der Waals surface area contributed by atoms with Gasteiger partial charge < -0.3 is 5.11 Å². The highest BCUT2D eigenvalue weighted by Gasteiger charge is 2.22. The van der Waals surface area contributed by atoms with Crippen molar-refractivity contribution >= 4 is 33.5 Å². The van der Waals surface area contributed by atoms with Gasteiger partial charge in [0.2, 0.25) is 10.0 Å². The molecule has 8 heteroatoms. The first-order valence-electron chi connectivity index (χ1n) is 6.11. The summed E-state index contributed by atoms with van der Waals surface area (Å²) in [5.41, 5.74) is 0.199. The monoisotopic (exact) mass is 337 g/mol. The van der Waals surface area contributed by atoms with Gasteiger partial charge in [0, 0.05) is 29.1 Å². The van der Waals surface area contributed by atoms with Crippen molar-refractivity contribution in [1.29, 1.82) is 0 Å². The summed E-state index contributed by atoms with van der Waals surface area (Å²) < 4.78 is 40.1. The average Bonchev–Trinajstić information content (AvgIpc) is 2.46. The Morgan fingerprint density at radius 3 is 2.85 bits per heavy atom. The van der Waals surface area contributed by atoms with Crippen molar-refractivity contribution in [3.8, 4) is 0 Å². The topological polar surface area (TPSA) is 66.4 Å². The van der Waals surface area contributed by atoms with Gasteiger partial charge >= 0.3 is 0 Å². The van der Waals surface area contributed by atoms with Crippen molar-refractivity contribution in [1.82, 2.24) is 4.72 Å². The third kappa shape index (κ3) is 4.11. The molecule has 0 bridgehead atoms. The van der Waals surface area contributed by atoms with E-state index in [1.54, 1.807) is 23.5 Å². The van der Waals surface area contributed by atoms with Crippen molar-refractivity contribution in [2.24, 2.45) is 0 Å². The number of nitrogens with one attached hydrogen (secondary N) is 1. The lowest BCUT2D eigenvalue weighted by Crippen LogP contribution is -2.34. The maximum atomic E-state index is 13.2. The average molecular weight is 337 g/mol. The van der Waals surface area contributed by atoms with Crippen LogP contribution in [0.3, 0.4) is 0 Å². The molecule has 1 aliphatic heterocycles. The predicted octanol–water partition coefficient (Wildman–Crippen LogP) is 1.44. The highest BCUT2D eigenvalue weighted by Crippen LogP contribution is 2.24. The van der Waals surface area contributed by atoms with Crippen LogP contribution in [-0.4, -0.2) is 42.6 Å². The van der Waals surface area contributed by atoms with Crippen molar-refractivity contribution < 1.29 is 17.9 Å². The maximum Gasteiger partial charge on any atom is 0.241 e. The summed E-state index contributed by atoms with van der Waals surface area (Å²) in [6.07, 6.45) is 0. The second kappa shape index (κ2) is 7.13. The van der Waals surface area contributed by atoms with Crippen molar-refractivity contribution in [2.75, 3.05) is 23.8 Å². The van der Waals surface area contributed by atoms with Gasteiger partial charge in [-0.05, 0) is 17.7 Å². The number of hydrogen-bond acceptors (Lipinski definition) is 5. The minimum absolute atomic E-state index is 0.187. The Kier molecular flexibility index (Phi) is 5.74. The number of halogens is 1. The summed E-state index contributed by atoms with van der Waals surface area (Å²) in [5.74, 6) is 2.37. The molecule has 0 amide bonds. The normalized spacial score (nSPS) is 20.0. The molecular formula is C12H16FNO3S3. The summed E-state index contributed by atoms with van der Waals surface area (Å²) >= 11 is 3.54. The van der Waals surface area contributed by atoms with Gasteiger partial charge in [-0.15, -0.1) is 0 Å². The van der Waals surface area contributed by atoms with E-state index in [-0.39, 0.29) is 15.7 Å². The molecule has 1 heterocycles. The lowest BCUT2D eigenvalue weighted by atomic mass is 10.2. The third-order valence-electron chi connectivity index (χ3n) is 2.88. The van der Waals surface area contributed by atoms with Crippen LogP contribution >= 0.6 is 23.5 Å². The van der Waals surface area contributed by atoms with E-state index in [2.05, 4.69) is 4.72 Å². The lowest BCUT2D eigenvalue weighted by Gasteiger charge is -2.21. The Labute approximate surface area is 126 Å². The molecule has 1 fully saturated rings. The number of hydrogen-bond donors (Lipinski definition) is 2. The summed E-state index contributed by atoms with van der Waals surface area (Å²) in [4.78, 5) is -0.187. The molecular weight excluding hydrogens is 321 g/mol. The van der Waals surface area contributed by atoms with Crippen molar-refractivity contribution in [3.05, 3.63) is 29.6 Å². The molecule has 2 rings (SSSR count). The fraction of sp³-hybridized carbons (Fsp3) is 0.500. The van der Waals surface area contributed by atoms with Gasteiger partial charge in [0.25, 0.3) is 0 Å². The molecule has 0 spiro atoms. The zero-order valence-electron chi connectivity index (χ0n) is 10.7. The minimum atomic E-state index is -3.80. The fourth-order valence-electron chi connectivity index (χ4n) is 1.84. The van der Waals surface area contributed by atoms with E-state index in [1.165, 1.54) is 6.07 Å². The van der Waals surface area contributed by atoms with E-state index in [0.29, 0.717) is 6.54 Å². The number of sulfonamides is 1. The standard InChI is InChI=1S/C12H16FNO3S3/c13-10-2-1-9(7-15)12(5-10)20(16,17)14-6-11-8-18-3-4-19-11/h1-2,5,11,14-15H,3-4,6-8H2. The van der Waals surface area contributed by atoms with Gasteiger partial charge in [-0.1, -0.05) is 6.07 Å². The smallest absolute Gasteiger partial charge is 0.241 e. The predicted molar refractivity (Wildman–Crippen MR) is 81.1 cm³/mol. The SMILES string of the molecule is O=S(=O)(NCC1CSCCS1)c1cc(F)ccc1CO. The summed E-state index contributed by atoms with van der Waals surface area (Å²) in [6.45, 7) is -0.119. The molecule has 1 atom stereocenters. The summed E-state index contributed by atoms with van der Waals surface area (Å²) in [5, 5.41) is 9.40. The lowest BCUT2D eigenvalue weighted by molar-refractivity contribution is 0.278. The van der Waals surface area contributed by atoms with E-state index in [0.717, 1.165) is 29.4 Å². The Bertz CT molecular complexity index is 559. The Morgan fingerprint density at radius 2 is 2.20 bits per heavy atom. The molecule has 1 aromatic rings. The molecule has 1 unspecified atom stereocenters. The molecule has 0 saturated carbocycles. The first-order valence-corrected chi connectivity index (χ1v) is 9.80. The van der Waals surface area contributed by atoms with Crippen LogP contribution in [0.1, 0.15) is 5.56 Å². The summed E-state index contributed by atoms with van der Waals surface area (Å²) in [7, 11) is -3.80. The Morgan fingerprint density at radius 1 is 1.40 bits per heavy atom. The largest absolute Gasteiger partial charge is 0.392 e. The number of aliphatic hydroxyl groups is 1. The van der Waals surface area contributed by atoms with Crippen LogP contribution in [-0.2, 0) is 16.6 Å². The van der Waals surface area contributed by atoms with E-state index in [4.69, 9.17) is 5.11 Å². The molecule has 1 aromatic carbocycles. The highest BCUT2D eigenvalue weighted by molar-refractivity contribution is 8.06. The first kappa shape index (κ1) is 16.1. The van der Waals surface area contributed by atoms with Gasteiger partial charge in [0.05, 0.1) is 11.5 Å². The minimum Gasteiger partial charge on any atom is -0.392 e. The molecule has 1 aliphatic rings. The first-order chi connectivity index (χ1) is 9.53. The van der Waals surface area contributed by atoms with E-state index >= 15 is 0 Å². The fourth-order valence-corrected chi connectivity index (χ4v) is 5.88. The molecule has 0 radical (unpaired) electrons. The van der Waals surface area contributed by atoms with Crippen LogP contribution in [0.25, 0.3) is 0 Å². The zero-order chi connectivity index (χ0) is 14.6. The van der Waals surface area contributed by atoms with E-state index in [1.807, 2.05) is 0 Å². The van der Waals surface area contributed by atoms with Crippen molar-refractivity contribution in [2.45, 2.75) is 16.8 Å². The quantitative estimate of drug-likeness (QED) is 0.851. The number of thioether (sulfide) groups is 2. The molecule has 112 valence electrons. The molecule has 0 aromatic heterocycles. The Balaban J connectivity index is 2.11. The van der Waals surface area contributed by atoms with Gasteiger partial charge in [0.1, 0.15) is 5.82 Å². The molecule has 20 heavy (non-hydrogen) atoms. The van der Waals surface area contributed by atoms with Gasteiger partial charge in [0.15, 0.2) is 0 Å². The maximum absolute atomic E-state index is 13.2. The van der Waals surface area contributed by atoms with E-state index in [9.17, 15) is 12.8 Å². The van der Waals surface area contributed by atoms with Gasteiger partial charge in [-0.2, -0.15) is 23.5 Å². The van der Waals surface area contributed by atoms with Crippen LogP contribution < -0.4 is 4.72 Å². The highest BCUT2D eigenvalue weighted by atomic mass is 32.2. The third-order valence-corrected chi connectivity index (χ3v) is 7.23. The van der Waals surface area contributed by atoms with Crippen LogP contribution in [0.2, 0.25) is 0 Å². The molecule has 1 saturated heterocycles. The van der Waals surface area contributed by atoms with Crippen LogP contribution in [0.4, 0.5) is 4.39 Å². The van der Waals surface area contributed by atoms with Crippen LogP contribution in [0, 0.1) is 5.82 Å². The Hall–Kier alpha value is -0.280. The number of aliphatic hydroxyl groups excluding tert-OH is 1. The van der Waals surface area contributed by atoms with Crippen LogP contribution in [0.5, 0.6) is 0 Å². The number of benzene rings is 1. The molecule has 0 aliphatic carbocycles. The second-order valence-corrected chi connectivity index (χ2v) is 8.62. The van der Waals surface area contributed by atoms with E-state index < -0.39 is 22.4 Å². The van der Waals surface area contributed by atoms with Crippen LogP contribution in [0.15, 0.2) is 23.1 Å². The second-order valence-electron chi connectivity index (χ2n) is 4.33. The van der Waals surface area contributed by atoms with Gasteiger partial charge in [-0.3, -0.25) is 0 Å².